The second-order valence-electron chi connectivity index (χ2n) is 6.56. The molecule has 2 aromatic carbocycles. The molecule has 2 aromatic rings. The molecule has 0 spiro atoms. The highest BCUT2D eigenvalue weighted by Gasteiger charge is 2.16. The Bertz CT molecular complexity index is 976. The highest BCUT2D eigenvalue weighted by Crippen LogP contribution is 2.29. The number of nitriles is 1. The van der Waals surface area contributed by atoms with Gasteiger partial charge in [-0.15, -0.1) is 0 Å². The number of carbonyl (C=O) groups excluding carboxylic acids is 1. The van der Waals surface area contributed by atoms with E-state index in [1.807, 2.05) is 24.3 Å². The minimum absolute atomic E-state index is 0.0261. The van der Waals surface area contributed by atoms with Crippen molar-refractivity contribution < 1.29 is 14.3 Å². The maximum Gasteiger partial charge on any atom is 0.266 e. The Morgan fingerprint density at radius 2 is 2.07 bits per heavy atom. The highest BCUT2D eigenvalue weighted by molar-refractivity contribution is 6.31. The Kier molecular flexibility index (Phi) is 6.76. The lowest BCUT2D eigenvalue weighted by molar-refractivity contribution is -0.112. The molecular formula is C22H22ClN3O3. The van der Waals surface area contributed by atoms with Crippen molar-refractivity contribution in [2.75, 3.05) is 43.6 Å². The Balaban J connectivity index is 1.85. The van der Waals surface area contributed by atoms with Crippen LogP contribution < -0.4 is 15.0 Å². The van der Waals surface area contributed by atoms with Crippen molar-refractivity contribution in [3.63, 3.8) is 0 Å². The van der Waals surface area contributed by atoms with Gasteiger partial charge in [-0.3, -0.25) is 4.79 Å². The zero-order valence-corrected chi connectivity index (χ0v) is 17.1. The Morgan fingerprint density at radius 3 is 2.76 bits per heavy atom. The van der Waals surface area contributed by atoms with E-state index in [0.717, 1.165) is 24.3 Å². The summed E-state index contributed by atoms with van der Waals surface area (Å²) in [5, 5.41) is 12.8. The first-order valence-corrected chi connectivity index (χ1v) is 9.60. The van der Waals surface area contributed by atoms with E-state index in [-0.39, 0.29) is 5.57 Å². The summed E-state index contributed by atoms with van der Waals surface area (Å²) >= 11 is 6.10. The summed E-state index contributed by atoms with van der Waals surface area (Å²) in [6, 6.07) is 12.9. The average Bonchev–Trinajstić information content (AvgIpc) is 2.75. The Morgan fingerprint density at radius 1 is 1.31 bits per heavy atom. The topological polar surface area (TPSA) is 74.6 Å². The van der Waals surface area contributed by atoms with Crippen molar-refractivity contribution in [2.24, 2.45) is 0 Å². The van der Waals surface area contributed by atoms with Crippen molar-refractivity contribution in [1.29, 1.82) is 5.26 Å². The molecule has 1 heterocycles. The zero-order valence-electron chi connectivity index (χ0n) is 16.4. The van der Waals surface area contributed by atoms with E-state index in [1.54, 1.807) is 32.2 Å². The van der Waals surface area contributed by atoms with Gasteiger partial charge in [-0.05, 0) is 42.8 Å². The SMILES string of the molecule is COc1cc(N2CCOCC2)ccc1/C=C(\C#N)C(=O)Nc1cccc(Cl)c1C. The molecule has 0 unspecified atom stereocenters. The van der Waals surface area contributed by atoms with Gasteiger partial charge in [-0.2, -0.15) is 5.26 Å². The standard InChI is InChI=1S/C22H22ClN3O3/c1-15-19(23)4-3-5-20(15)25-22(27)17(14-24)12-16-6-7-18(13-21(16)28-2)26-8-10-29-11-9-26/h3-7,12-13H,8-11H2,1-2H3,(H,25,27)/b17-12+. The van der Waals surface area contributed by atoms with Crippen LogP contribution in [0, 0.1) is 18.3 Å². The number of nitrogens with one attached hydrogen (secondary N) is 1. The molecular weight excluding hydrogens is 390 g/mol. The van der Waals surface area contributed by atoms with Crippen LogP contribution in [0.2, 0.25) is 5.02 Å². The maximum absolute atomic E-state index is 12.6. The number of anilines is 2. The van der Waals surface area contributed by atoms with Gasteiger partial charge in [-0.25, -0.2) is 0 Å². The number of benzene rings is 2. The summed E-state index contributed by atoms with van der Waals surface area (Å²) in [6.07, 6.45) is 1.52. The van der Waals surface area contributed by atoms with Crippen LogP contribution in [0.1, 0.15) is 11.1 Å². The predicted molar refractivity (Wildman–Crippen MR) is 114 cm³/mol. The zero-order chi connectivity index (χ0) is 20.8. The van der Waals surface area contributed by atoms with Crippen LogP contribution in [0.4, 0.5) is 11.4 Å². The monoisotopic (exact) mass is 411 g/mol. The van der Waals surface area contributed by atoms with E-state index >= 15 is 0 Å². The van der Waals surface area contributed by atoms with Crippen molar-refractivity contribution in [3.8, 4) is 11.8 Å². The van der Waals surface area contributed by atoms with Crippen LogP contribution in [0.15, 0.2) is 42.0 Å². The fourth-order valence-corrected chi connectivity index (χ4v) is 3.25. The first-order chi connectivity index (χ1) is 14.0. The van der Waals surface area contributed by atoms with Crippen molar-refractivity contribution in [2.45, 2.75) is 6.92 Å². The lowest BCUT2D eigenvalue weighted by Crippen LogP contribution is -2.36. The van der Waals surface area contributed by atoms with Gasteiger partial charge in [-0.1, -0.05) is 17.7 Å². The van der Waals surface area contributed by atoms with Crippen molar-refractivity contribution >= 4 is 35.0 Å². The summed E-state index contributed by atoms with van der Waals surface area (Å²) in [6.45, 7) is 4.80. The molecule has 1 aliphatic rings. The molecule has 1 aliphatic heterocycles. The third-order valence-corrected chi connectivity index (χ3v) is 5.18. The van der Waals surface area contributed by atoms with E-state index in [1.165, 1.54) is 6.08 Å². The minimum atomic E-state index is -0.503. The fourth-order valence-electron chi connectivity index (χ4n) is 3.07. The summed E-state index contributed by atoms with van der Waals surface area (Å²) in [7, 11) is 1.57. The van der Waals surface area contributed by atoms with Crippen LogP contribution >= 0.6 is 11.6 Å². The van der Waals surface area contributed by atoms with Gasteiger partial charge in [0.1, 0.15) is 17.4 Å². The number of hydrogen-bond donors (Lipinski definition) is 1. The maximum atomic E-state index is 12.6. The van der Waals surface area contributed by atoms with Crippen LogP contribution in [0.25, 0.3) is 6.08 Å². The number of hydrogen-bond acceptors (Lipinski definition) is 5. The number of rotatable bonds is 5. The molecule has 150 valence electrons. The largest absolute Gasteiger partial charge is 0.496 e. The van der Waals surface area contributed by atoms with Crippen LogP contribution in [-0.4, -0.2) is 39.3 Å². The predicted octanol–water partition coefficient (Wildman–Crippen LogP) is 4.04. The number of ether oxygens (including phenoxy) is 2. The van der Waals surface area contributed by atoms with Gasteiger partial charge >= 0.3 is 0 Å². The van der Waals surface area contributed by atoms with E-state index in [0.29, 0.717) is 35.2 Å². The molecule has 0 atom stereocenters. The molecule has 0 saturated carbocycles. The summed E-state index contributed by atoms with van der Waals surface area (Å²) in [5.41, 5.74) is 2.95. The van der Waals surface area contributed by atoms with Gasteiger partial charge in [0.2, 0.25) is 0 Å². The third kappa shape index (κ3) is 4.89. The van der Waals surface area contributed by atoms with E-state index in [4.69, 9.17) is 21.1 Å². The summed E-state index contributed by atoms with van der Waals surface area (Å²) in [5.74, 6) is 0.0886. The van der Waals surface area contributed by atoms with Gasteiger partial charge < -0.3 is 19.7 Å². The molecule has 0 radical (unpaired) electrons. The average molecular weight is 412 g/mol. The smallest absolute Gasteiger partial charge is 0.266 e. The molecule has 1 fully saturated rings. The molecule has 1 N–H and O–H groups in total. The normalized spacial score (nSPS) is 14.3. The second kappa shape index (κ2) is 9.46. The molecule has 7 heteroatoms. The fraction of sp³-hybridized carbons (Fsp3) is 0.273. The Hall–Kier alpha value is -3.01. The molecule has 1 amide bonds. The number of morpholine rings is 1. The minimum Gasteiger partial charge on any atom is -0.496 e. The van der Waals surface area contributed by atoms with Crippen molar-refractivity contribution in [3.05, 3.63) is 58.1 Å². The van der Waals surface area contributed by atoms with E-state index in [9.17, 15) is 10.1 Å². The van der Waals surface area contributed by atoms with Gasteiger partial charge in [0.25, 0.3) is 5.91 Å². The second-order valence-corrected chi connectivity index (χ2v) is 6.97. The van der Waals surface area contributed by atoms with Crippen LogP contribution in [0.5, 0.6) is 5.75 Å². The van der Waals surface area contributed by atoms with E-state index in [2.05, 4.69) is 10.2 Å². The number of methoxy groups -OCH3 is 1. The summed E-state index contributed by atoms with van der Waals surface area (Å²) in [4.78, 5) is 14.8. The molecule has 0 bridgehead atoms. The Labute approximate surface area is 175 Å². The first kappa shape index (κ1) is 20.7. The lowest BCUT2D eigenvalue weighted by atomic mass is 10.1. The summed E-state index contributed by atoms with van der Waals surface area (Å²) < 4.78 is 10.9. The number of halogens is 1. The third-order valence-electron chi connectivity index (χ3n) is 4.77. The van der Waals surface area contributed by atoms with E-state index < -0.39 is 5.91 Å². The number of amides is 1. The number of nitrogens with zero attached hydrogens (tertiary/aromatic N) is 2. The molecule has 1 saturated heterocycles. The lowest BCUT2D eigenvalue weighted by Gasteiger charge is -2.29. The molecule has 6 nitrogen and oxygen atoms in total. The molecule has 29 heavy (non-hydrogen) atoms. The van der Waals surface area contributed by atoms with Gasteiger partial charge in [0.05, 0.1) is 20.3 Å². The van der Waals surface area contributed by atoms with Crippen LogP contribution in [-0.2, 0) is 9.53 Å². The number of carbonyl (C=O) groups is 1. The highest BCUT2D eigenvalue weighted by atomic mass is 35.5. The van der Waals surface area contributed by atoms with Gasteiger partial charge in [0.15, 0.2) is 0 Å². The quantitative estimate of drug-likeness (QED) is 0.593. The van der Waals surface area contributed by atoms with Crippen molar-refractivity contribution in [1.82, 2.24) is 0 Å². The molecule has 0 aliphatic carbocycles. The molecule has 3 rings (SSSR count). The first-order valence-electron chi connectivity index (χ1n) is 9.22. The molecule has 0 aromatic heterocycles. The van der Waals surface area contributed by atoms with Crippen LogP contribution in [0.3, 0.4) is 0 Å². The van der Waals surface area contributed by atoms with Gasteiger partial charge in [0, 0.05) is 41.1 Å².